The number of hydrogen-bond acceptors (Lipinski definition) is 1. The predicted octanol–water partition coefficient (Wildman–Crippen LogP) is 1.71. The van der Waals surface area contributed by atoms with Gasteiger partial charge in [-0.05, 0) is 37.1 Å². The number of aryl methyl sites for hydroxylation is 2. The van der Waals surface area contributed by atoms with Crippen LogP contribution in [0.1, 0.15) is 16.7 Å². The second-order valence-electron chi connectivity index (χ2n) is 4.13. The van der Waals surface area contributed by atoms with E-state index in [9.17, 15) is 0 Å². The van der Waals surface area contributed by atoms with Crippen molar-refractivity contribution in [2.45, 2.75) is 13.8 Å². The molecule has 0 aromatic heterocycles. The number of para-hydroxylation sites is 1. The normalized spacial score (nSPS) is 10.0. The average molecular weight is 224 g/mol. The molecule has 0 saturated carbocycles. The molecule has 2 aromatic rings. The fourth-order valence-corrected chi connectivity index (χ4v) is 1.77. The van der Waals surface area contributed by atoms with E-state index in [1.54, 1.807) is 0 Å². The van der Waals surface area contributed by atoms with Gasteiger partial charge in [0.05, 0.1) is 5.56 Å². The highest BCUT2D eigenvalue weighted by Crippen LogP contribution is 2.15. The van der Waals surface area contributed by atoms with Crippen LogP contribution in [0.15, 0.2) is 48.5 Å². The lowest BCUT2D eigenvalue weighted by molar-refractivity contribution is -0.112. The van der Waals surface area contributed by atoms with Crippen LogP contribution in [-0.4, -0.2) is 5.84 Å². The molecular weight excluding hydrogens is 208 g/mol. The lowest BCUT2D eigenvalue weighted by Gasteiger charge is -2.04. The Balaban J connectivity index is 2.24. The maximum absolute atomic E-state index is 8.09. The molecule has 0 aliphatic rings. The van der Waals surface area contributed by atoms with Crippen molar-refractivity contribution in [1.82, 2.24) is 0 Å². The summed E-state index contributed by atoms with van der Waals surface area (Å²) < 4.78 is 0. The molecule has 85 valence electrons. The van der Waals surface area contributed by atoms with Crippen LogP contribution in [-0.2, 0) is 0 Å². The largest absolute Gasteiger partial charge is 0.320 e. The van der Waals surface area contributed by atoms with Crippen LogP contribution in [0.2, 0.25) is 0 Å². The van der Waals surface area contributed by atoms with Gasteiger partial charge >= 0.3 is 5.84 Å². The van der Waals surface area contributed by atoms with Gasteiger partial charge in [-0.15, -0.1) is 0 Å². The summed E-state index contributed by atoms with van der Waals surface area (Å²) in [6.45, 7) is 4.05. The van der Waals surface area contributed by atoms with Crippen molar-refractivity contribution in [1.29, 1.82) is 0 Å². The average Bonchev–Trinajstić information content (AvgIpc) is 2.32. The van der Waals surface area contributed by atoms with Crippen LogP contribution in [0.4, 0.5) is 5.69 Å². The van der Waals surface area contributed by atoms with Crippen molar-refractivity contribution in [2.24, 2.45) is 0 Å². The summed E-state index contributed by atoms with van der Waals surface area (Å²) in [5.74, 6) is 0.442. The molecule has 2 nitrogen and oxygen atoms in total. The highest BCUT2D eigenvalue weighted by atomic mass is 14.9. The highest BCUT2D eigenvalue weighted by Gasteiger charge is 2.13. The molecule has 0 amide bonds. The second kappa shape index (κ2) is 4.83. The maximum Gasteiger partial charge on any atom is 0.320 e. The van der Waals surface area contributed by atoms with E-state index in [2.05, 4.69) is 5.32 Å². The quantitative estimate of drug-likeness (QED) is 0.591. The number of rotatable bonds is 2. The van der Waals surface area contributed by atoms with E-state index in [4.69, 9.17) is 5.41 Å². The van der Waals surface area contributed by atoms with Crippen molar-refractivity contribution in [3.8, 4) is 0 Å². The van der Waals surface area contributed by atoms with Gasteiger partial charge < -0.3 is 0 Å². The molecule has 2 heteroatoms. The van der Waals surface area contributed by atoms with Crippen molar-refractivity contribution in [2.75, 3.05) is 5.32 Å². The first-order valence-corrected chi connectivity index (χ1v) is 5.65. The molecule has 2 rings (SSSR count). The third-order valence-corrected chi connectivity index (χ3v) is 2.82. The van der Waals surface area contributed by atoms with Crippen LogP contribution in [0, 0.1) is 13.8 Å². The fraction of sp³-hybridized carbons (Fsp3) is 0.133. The van der Waals surface area contributed by atoms with Crippen LogP contribution in [0.25, 0.3) is 0 Å². The number of nitrogens with one attached hydrogen (secondary N) is 2. The highest BCUT2D eigenvalue weighted by molar-refractivity contribution is 6.05. The van der Waals surface area contributed by atoms with Gasteiger partial charge in [-0.25, -0.2) is 5.32 Å². The monoisotopic (exact) mass is 224 g/mol. The van der Waals surface area contributed by atoms with Crippen LogP contribution in [0.5, 0.6) is 0 Å². The first-order chi connectivity index (χ1) is 8.18. The van der Waals surface area contributed by atoms with E-state index < -0.39 is 0 Å². The molecule has 17 heavy (non-hydrogen) atoms. The van der Waals surface area contributed by atoms with Gasteiger partial charge in [0.25, 0.3) is 0 Å². The molecule has 0 spiro atoms. The van der Waals surface area contributed by atoms with Crippen LogP contribution in [0.3, 0.4) is 0 Å². The Morgan fingerprint density at radius 3 is 2.12 bits per heavy atom. The zero-order valence-corrected chi connectivity index (χ0v) is 10.1. The van der Waals surface area contributed by atoms with Gasteiger partial charge in [0, 0.05) is 0 Å². The fourth-order valence-electron chi connectivity index (χ4n) is 1.77. The minimum atomic E-state index is 0.442. The lowest BCUT2D eigenvalue weighted by atomic mass is 10.1. The van der Waals surface area contributed by atoms with E-state index >= 15 is 0 Å². The predicted molar refractivity (Wildman–Crippen MR) is 71.1 cm³/mol. The van der Waals surface area contributed by atoms with E-state index in [1.807, 2.05) is 62.4 Å². The van der Waals surface area contributed by atoms with Gasteiger partial charge in [-0.2, -0.15) is 0 Å². The van der Waals surface area contributed by atoms with Gasteiger partial charge in [-0.3, -0.25) is 0 Å². The molecule has 0 atom stereocenters. The third-order valence-electron chi connectivity index (χ3n) is 2.82. The third kappa shape index (κ3) is 2.53. The minimum absolute atomic E-state index is 0.442. The summed E-state index contributed by atoms with van der Waals surface area (Å²) in [6, 6.07) is 15.9. The minimum Gasteiger partial charge on any atom is -0.237 e. The molecule has 0 heterocycles. The number of amidine groups is 1. The standard InChI is InChI=1S/C15H16N2/c1-11-7-3-5-9-13(11)15(16)17-14-10-6-4-8-12(14)2/h3-10,16-17H,1-2H3/q+1. The topological polar surface area (TPSA) is 35.8 Å². The molecule has 0 aliphatic carbocycles. The zero-order chi connectivity index (χ0) is 12.3. The first kappa shape index (κ1) is 11.4. The zero-order valence-electron chi connectivity index (χ0n) is 10.1. The van der Waals surface area contributed by atoms with E-state index in [1.165, 1.54) is 0 Å². The Kier molecular flexibility index (Phi) is 3.24. The first-order valence-electron chi connectivity index (χ1n) is 5.65. The molecule has 0 saturated heterocycles. The number of hydrogen-bond donors (Lipinski definition) is 2. The molecular formula is C15H16N2+. The molecule has 0 bridgehead atoms. The summed E-state index contributed by atoms with van der Waals surface area (Å²) >= 11 is 0. The summed E-state index contributed by atoms with van der Waals surface area (Å²) in [5.41, 5.74) is 4.18. The van der Waals surface area contributed by atoms with Gasteiger partial charge in [0.15, 0.2) is 0 Å². The molecule has 0 unspecified atom stereocenters. The summed E-state index contributed by atoms with van der Waals surface area (Å²) in [4.78, 5) is 0. The summed E-state index contributed by atoms with van der Waals surface area (Å²) in [6.07, 6.45) is 0. The Hall–Kier alpha value is -2.09. The van der Waals surface area contributed by atoms with Crippen LogP contribution < -0.4 is 10.7 Å². The maximum atomic E-state index is 8.09. The van der Waals surface area contributed by atoms with Gasteiger partial charge in [0.2, 0.25) is 0 Å². The Morgan fingerprint density at radius 1 is 0.882 bits per heavy atom. The Morgan fingerprint density at radius 2 is 1.47 bits per heavy atom. The van der Waals surface area contributed by atoms with E-state index in [0.29, 0.717) is 5.84 Å². The Labute approximate surface area is 102 Å². The SMILES string of the molecule is Cc1ccccc1NC(=[NH+])c1ccccc1C. The number of anilines is 1. The van der Waals surface area contributed by atoms with Crippen molar-refractivity contribution < 1.29 is 5.41 Å². The van der Waals surface area contributed by atoms with Gasteiger partial charge in [-0.1, -0.05) is 41.8 Å². The lowest BCUT2D eigenvalue weighted by Crippen LogP contribution is -2.45. The van der Waals surface area contributed by atoms with Crippen molar-refractivity contribution in [3.63, 3.8) is 0 Å². The molecule has 1 radical (unpaired) electrons. The van der Waals surface area contributed by atoms with Crippen molar-refractivity contribution >= 4 is 11.5 Å². The number of benzene rings is 2. The summed E-state index contributed by atoms with van der Waals surface area (Å²) in [5, 5.41) is 11.2. The van der Waals surface area contributed by atoms with E-state index in [-0.39, 0.29) is 0 Å². The smallest absolute Gasteiger partial charge is 0.237 e. The Bertz CT molecular complexity index is 544. The van der Waals surface area contributed by atoms with Crippen LogP contribution >= 0.6 is 0 Å². The molecule has 0 aliphatic heterocycles. The second-order valence-corrected chi connectivity index (χ2v) is 4.13. The van der Waals surface area contributed by atoms with Crippen molar-refractivity contribution in [3.05, 3.63) is 65.2 Å². The van der Waals surface area contributed by atoms with E-state index in [0.717, 1.165) is 22.4 Å². The molecule has 0 fully saturated rings. The summed E-state index contributed by atoms with van der Waals surface area (Å²) in [7, 11) is 0. The molecule has 2 aromatic carbocycles. The van der Waals surface area contributed by atoms with Gasteiger partial charge in [0.1, 0.15) is 5.69 Å². The molecule has 2 N–H and O–H groups in total.